The molecule has 0 atom stereocenters. The van der Waals surface area contributed by atoms with E-state index in [0.29, 0.717) is 23.5 Å². The molecule has 0 aliphatic carbocycles. The molecule has 0 fully saturated rings. The summed E-state index contributed by atoms with van der Waals surface area (Å²) in [7, 11) is 1.83. The van der Waals surface area contributed by atoms with E-state index >= 15 is 0 Å². The first-order valence-corrected chi connectivity index (χ1v) is 11.2. The molecule has 3 rings (SSSR count). The monoisotopic (exact) mass is 418 g/mol. The van der Waals surface area contributed by atoms with E-state index in [1.165, 1.54) is 5.69 Å². The Hall–Kier alpha value is -2.29. The van der Waals surface area contributed by atoms with Gasteiger partial charge in [-0.15, -0.1) is 0 Å². The summed E-state index contributed by atoms with van der Waals surface area (Å²) in [6.45, 7) is 9.88. The molecule has 0 saturated heterocycles. The van der Waals surface area contributed by atoms with Crippen molar-refractivity contribution in [3.8, 4) is 0 Å². The second-order valence-corrected chi connectivity index (χ2v) is 8.33. The number of aryl methyl sites for hydroxylation is 3. The summed E-state index contributed by atoms with van der Waals surface area (Å²) >= 11 is 1.62. The van der Waals surface area contributed by atoms with E-state index in [1.807, 2.05) is 14.0 Å². The molecule has 0 saturated carbocycles. The van der Waals surface area contributed by atoms with Crippen molar-refractivity contribution in [1.82, 2.24) is 28.7 Å². The maximum atomic E-state index is 12.4. The first-order valence-electron chi connectivity index (χ1n) is 10.2. The van der Waals surface area contributed by atoms with Crippen LogP contribution in [-0.4, -0.2) is 28.7 Å². The Morgan fingerprint density at radius 1 is 1.00 bits per heavy atom. The van der Waals surface area contributed by atoms with Gasteiger partial charge in [-0.25, -0.2) is 14.8 Å². The van der Waals surface area contributed by atoms with Crippen molar-refractivity contribution in [1.29, 1.82) is 0 Å². The number of imidazole rings is 2. The third-order valence-electron chi connectivity index (χ3n) is 5.33. The third kappa shape index (κ3) is 4.19. The van der Waals surface area contributed by atoms with Crippen LogP contribution in [0.3, 0.4) is 0 Å². The van der Waals surface area contributed by atoms with Crippen LogP contribution >= 0.6 is 11.8 Å². The fraction of sp³-hybridized carbons (Fsp3) is 0.600. The Kier molecular flexibility index (Phi) is 6.66. The number of fused-ring (bicyclic) bond motifs is 1. The zero-order valence-electron chi connectivity index (χ0n) is 17.9. The van der Waals surface area contributed by atoms with E-state index in [4.69, 9.17) is 4.98 Å². The largest absolute Gasteiger partial charge is 0.330 e. The average molecular weight is 419 g/mol. The molecular formula is C20H30N6O2S. The highest BCUT2D eigenvalue weighted by molar-refractivity contribution is 7.98. The standard InChI is InChI=1S/C20H30N6O2S/c1-6-8-10-25-14(4)13(3)21-20(25)29-12-15-22-17-16(24(15)5)18(27)23-19(28)26(17)11-9-7-2/h6-12H2,1-5H3,(H,23,27,28). The second-order valence-electron chi connectivity index (χ2n) is 7.38. The van der Waals surface area contributed by atoms with Crippen LogP contribution in [0.4, 0.5) is 0 Å². The molecule has 3 heterocycles. The summed E-state index contributed by atoms with van der Waals surface area (Å²) < 4.78 is 5.63. The fourth-order valence-corrected chi connectivity index (χ4v) is 4.49. The van der Waals surface area contributed by atoms with Gasteiger partial charge >= 0.3 is 5.69 Å². The topological polar surface area (TPSA) is 90.5 Å². The first-order chi connectivity index (χ1) is 13.9. The van der Waals surface area contributed by atoms with Gasteiger partial charge in [-0.3, -0.25) is 14.3 Å². The smallest absolute Gasteiger partial charge is 0.325 e. The number of rotatable bonds is 9. The molecule has 8 nitrogen and oxygen atoms in total. The van der Waals surface area contributed by atoms with Crippen molar-refractivity contribution in [3.63, 3.8) is 0 Å². The predicted molar refractivity (Wildman–Crippen MR) is 117 cm³/mol. The van der Waals surface area contributed by atoms with E-state index < -0.39 is 5.69 Å². The van der Waals surface area contributed by atoms with Crippen LogP contribution in [0.2, 0.25) is 0 Å². The van der Waals surface area contributed by atoms with E-state index in [1.54, 1.807) is 20.9 Å². The molecule has 0 aliphatic heterocycles. The molecule has 0 radical (unpaired) electrons. The lowest BCUT2D eigenvalue weighted by molar-refractivity contribution is 0.575. The molecule has 3 aromatic rings. The van der Waals surface area contributed by atoms with Gasteiger partial charge in [0.1, 0.15) is 5.82 Å². The molecule has 1 N–H and O–H groups in total. The number of nitrogens with one attached hydrogen (secondary N) is 1. The number of aromatic nitrogens is 6. The number of nitrogens with zero attached hydrogens (tertiary/aromatic N) is 5. The Balaban J connectivity index is 1.95. The minimum atomic E-state index is -0.394. The zero-order chi connectivity index (χ0) is 21.1. The van der Waals surface area contributed by atoms with Gasteiger partial charge in [0.25, 0.3) is 5.56 Å². The van der Waals surface area contributed by atoms with E-state index in [2.05, 4.69) is 35.3 Å². The van der Waals surface area contributed by atoms with Crippen LogP contribution in [0, 0.1) is 13.8 Å². The van der Waals surface area contributed by atoms with Crippen LogP contribution in [-0.2, 0) is 25.9 Å². The van der Waals surface area contributed by atoms with Crippen molar-refractivity contribution >= 4 is 22.9 Å². The van der Waals surface area contributed by atoms with Crippen molar-refractivity contribution in [2.45, 2.75) is 77.4 Å². The zero-order valence-corrected chi connectivity index (χ0v) is 18.7. The van der Waals surface area contributed by atoms with E-state index in [9.17, 15) is 9.59 Å². The van der Waals surface area contributed by atoms with Crippen LogP contribution < -0.4 is 11.2 Å². The Morgan fingerprint density at radius 3 is 2.31 bits per heavy atom. The number of H-pyrrole nitrogens is 1. The molecule has 0 bridgehead atoms. The van der Waals surface area contributed by atoms with E-state index in [-0.39, 0.29) is 5.56 Å². The maximum Gasteiger partial charge on any atom is 0.330 e. The fourth-order valence-electron chi connectivity index (χ4n) is 3.39. The summed E-state index contributed by atoms with van der Waals surface area (Å²) in [6.07, 6.45) is 4.05. The number of aromatic amines is 1. The molecule has 9 heteroatoms. The Bertz CT molecular complexity index is 1120. The average Bonchev–Trinajstić information content (AvgIpc) is 3.15. The maximum absolute atomic E-state index is 12.4. The molecule has 0 spiro atoms. The molecule has 0 unspecified atom stereocenters. The second kappa shape index (κ2) is 9.02. The minimum absolute atomic E-state index is 0.389. The summed E-state index contributed by atoms with van der Waals surface area (Å²) in [5.41, 5.74) is 2.36. The quantitative estimate of drug-likeness (QED) is 0.539. The number of unbranched alkanes of at least 4 members (excludes halogenated alkanes) is 2. The van der Waals surface area contributed by atoms with Gasteiger partial charge in [-0.2, -0.15) is 0 Å². The predicted octanol–water partition coefficient (Wildman–Crippen LogP) is 3.13. The van der Waals surface area contributed by atoms with Gasteiger partial charge < -0.3 is 9.13 Å². The highest BCUT2D eigenvalue weighted by Crippen LogP contribution is 2.25. The summed E-state index contributed by atoms with van der Waals surface area (Å²) in [6, 6.07) is 0. The lowest BCUT2D eigenvalue weighted by atomic mass is 10.3. The lowest BCUT2D eigenvalue weighted by Gasteiger charge is -2.09. The van der Waals surface area contributed by atoms with Crippen molar-refractivity contribution in [2.24, 2.45) is 7.05 Å². The van der Waals surface area contributed by atoms with Gasteiger partial charge in [0.15, 0.2) is 16.3 Å². The lowest BCUT2D eigenvalue weighted by Crippen LogP contribution is -2.31. The van der Waals surface area contributed by atoms with Crippen LogP contribution in [0.25, 0.3) is 11.2 Å². The number of thioether (sulfide) groups is 1. The summed E-state index contributed by atoms with van der Waals surface area (Å²) in [5.74, 6) is 1.33. The molecule has 0 aromatic carbocycles. The SMILES string of the molecule is CCCCn1c(SCc2nc3c(c(=O)[nH]c(=O)n3CCCC)n2C)nc(C)c1C. The van der Waals surface area contributed by atoms with E-state index in [0.717, 1.165) is 48.9 Å². The Labute approximate surface area is 174 Å². The first kappa shape index (κ1) is 21.4. The molecule has 0 aliphatic rings. The van der Waals surface area contributed by atoms with Gasteiger partial charge in [-0.05, 0) is 26.7 Å². The van der Waals surface area contributed by atoms with Crippen molar-refractivity contribution in [3.05, 3.63) is 38.1 Å². The van der Waals surface area contributed by atoms with Crippen LogP contribution in [0.15, 0.2) is 14.7 Å². The number of hydrogen-bond acceptors (Lipinski definition) is 5. The highest BCUT2D eigenvalue weighted by Gasteiger charge is 2.18. The van der Waals surface area contributed by atoms with Gasteiger partial charge in [0, 0.05) is 25.8 Å². The molecular weight excluding hydrogens is 388 g/mol. The number of hydrogen-bond donors (Lipinski definition) is 1. The molecule has 29 heavy (non-hydrogen) atoms. The molecule has 3 aromatic heterocycles. The molecule has 0 amide bonds. The van der Waals surface area contributed by atoms with Crippen LogP contribution in [0.5, 0.6) is 0 Å². The van der Waals surface area contributed by atoms with Gasteiger partial charge in [-0.1, -0.05) is 38.5 Å². The van der Waals surface area contributed by atoms with Crippen LogP contribution in [0.1, 0.15) is 56.7 Å². The summed E-state index contributed by atoms with van der Waals surface area (Å²) in [5, 5.41) is 0.970. The minimum Gasteiger partial charge on any atom is -0.325 e. The highest BCUT2D eigenvalue weighted by atomic mass is 32.2. The third-order valence-corrected chi connectivity index (χ3v) is 6.30. The summed E-state index contributed by atoms with van der Waals surface area (Å²) in [4.78, 5) is 36.5. The van der Waals surface area contributed by atoms with Crippen molar-refractivity contribution < 1.29 is 0 Å². The molecule has 158 valence electrons. The van der Waals surface area contributed by atoms with Crippen molar-refractivity contribution in [2.75, 3.05) is 0 Å². The Morgan fingerprint density at radius 2 is 1.66 bits per heavy atom. The van der Waals surface area contributed by atoms with Gasteiger partial charge in [0.2, 0.25) is 0 Å². The van der Waals surface area contributed by atoms with Gasteiger partial charge in [0.05, 0.1) is 11.4 Å². The normalized spacial score (nSPS) is 11.6.